The number of hydrogen-bond donors (Lipinski definition) is 0. The minimum Gasteiger partial charge on any atom is -0.424 e. The highest BCUT2D eigenvalue weighted by Gasteiger charge is 2.37. The number of hydrogen-bond acceptors (Lipinski definition) is 4. The van der Waals surface area contributed by atoms with Crippen LogP contribution in [0.15, 0.2) is 78.9 Å². The van der Waals surface area contributed by atoms with Gasteiger partial charge in [0.2, 0.25) is 0 Å². The number of benzene rings is 3. The van der Waals surface area contributed by atoms with Crippen molar-refractivity contribution in [2.45, 2.75) is 6.42 Å². The van der Waals surface area contributed by atoms with Crippen molar-refractivity contribution in [3.8, 4) is 5.75 Å². The monoisotopic (exact) mass is 357 g/mol. The number of imide groups is 1. The van der Waals surface area contributed by atoms with Crippen LogP contribution in [0.1, 0.15) is 26.3 Å². The predicted molar refractivity (Wildman–Crippen MR) is 99.8 cm³/mol. The predicted octanol–water partition coefficient (Wildman–Crippen LogP) is 3.64. The van der Waals surface area contributed by atoms with Gasteiger partial charge in [-0.15, -0.1) is 0 Å². The highest BCUT2D eigenvalue weighted by atomic mass is 16.5. The van der Waals surface area contributed by atoms with Crippen molar-refractivity contribution in [3.63, 3.8) is 0 Å². The van der Waals surface area contributed by atoms with E-state index in [2.05, 4.69) is 0 Å². The van der Waals surface area contributed by atoms with Gasteiger partial charge >= 0.3 is 5.97 Å². The Labute approximate surface area is 155 Å². The average Bonchev–Trinajstić information content (AvgIpc) is 2.94. The SMILES string of the molecule is O=C(Cc1ccccc1)Oc1ccccc1N1C(=O)c2ccccc2C1=O. The number of anilines is 1. The molecule has 5 heteroatoms. The van der Waals surface area contributed by atoms with Crippen LogP contribution in [0.3, 0.4) is 0 Å². The zero-order valence-electron chi connectivity index (χ0n) is 14.3. The fourth-order valence-corrected chi connectivity index (χ4v) is 3.06. The van der Waals surface area contributed by atoms with Gasteiger partial charge in [0.05, 0.1) is 23.2 Å². The standard InChI is InChI=1S/C22H15NO4/c24-20(14-15-8-2-1-3-9-15)27-19-13-7-6-12-18(19)23-21(25)16-10-4-5-11-17(16)22(23)26/h1-13H,14H2. The molecular formula is C22H15NO4. The van der Waals surface area contributed by atoms with Crippen LogP contribution in [0.2, 0.25) is 0 Å². The molecule has 132 valence electrons. The molecule has 1 aliphatic rings. The third-order valence-electron chi connectivity index (χ3n) is 4.32. The molecular weight excluding hydrogens is 342 g/mol. The molecule has 0 saturated carbocycles. The van der Waals surface area contributed by atoms with Crippen LogP contribution in [-0.2, 0) is 11.2 Å². The van der Waals surface area contributed by atoms with Gasteiger partial charge in [-0.2, -0.15) is 0 Å². The van der Waals surface area contributed by atoms with Crippen molar-refractivity contribution in [2.24, 2.45) is 0 Å². The summed E-state index contributed by atoms with van der Waals surface area (Å²) in [5, 5.41) is 0. The van der Waals surface area contributed by atoms with Crippen LogP contribution in [0, 0.1) is 0 Å². The second-order valence-electron chi connectivity index (χ2n) is 6.10. The Morgan fingerprint density at radius 2 is 1.30 bits per heavy atom. The van der Waals surface area contributed by atoms with Crippen molar-refractivity contribution >= 4 is 23.5 Å². The number of carbonyl (C=O) groups excluding carboxylic acids is 3. The highest BCUT2D eigenvalue weighted by molar-refractivity contribution is 6.34. The third-order valence-corrected chi connectivity index (χ3v) is 4.32. The van der Waals surface area contributed by atoms with Crippen LogP contribution in [0.5, 0.6) is 5.75 Å². The Kier molecular flexibility index (Phi) is 4.26. The first-order chi connectivity index (χ1) is 13.1. The molecule has 5 nitrogen and oxygen atoms in total. The normalized spacial score (nSPS) is 12.8. The summed E-state index contributed by atoms with van der Waals surface area (Å²) in [4.78, 5) is 38.8. The fourth-order valence-electron chi connectivity index (χ4n) is 3.06. The summed E-state index contributed by atoms with van der Waals surface area (Å²) in [5.41, 5.74) is 1.76. The van der Waals surface area contributed by atoms with Crippen LogP contribution < -0.4 is 9.64 Å². The second kappa shape index (κ2) is 6.88. The number of esters is 1. The van der Waals surface area contributed by atoms with Gasteiger partial charge in [0.25, 0.3) is 11.8 Å². The minimum absolute atomic E-state index is 0.0945. The van der Waals surface area contributed by atoms with Crippen LogP contribution >= 0.6 is 0 Å². The van der Waals surface area contributed by atoms with E-state index in [1.54, 1.807) is 48.5 Å². The molecule has 2 amide bonds. The quantitative estimate of drug-likeness (QED) is 0.406. The second-order valence-corrected chi connectivity index (χ2v) is 6.10. The topological polar surface area (TPSA) is 63.7 Å². The number of nitrogens with zero attached hydrogens (tertiary/aromatic N) is 1. The van der Waals surface area contributed by atoms with Gasteiger partial charge in [-0.1, -0.05) is 54.6 Å². The number of amides is 2. The molecule has 1 heterocycles. The fraction of sp³-hybridized carbons (Fsp3) is 0.0455. The van der Waals surface area contributed by atoms with E-state index in [1.165, 1.54) is 0 Å². The van der Waals surface area contributed by atoms with E-state index in [4.69, 9.17) is 4.74 Å². The van der Waals surface area contributed by atoms with Crippen molar-refractivity contribution < 1.29 is 19.1 Å². The molecule has 0 saturated heterocycles. The molecule has 0 N–H and O–H groups in total. The lowest BCUT2D eigenvalue weighted by molar-refractivity contribution is -0.133. The average molecular weight is 357 g/mol. The Morgan fingerprint density at radius 3 is 1.96 bits per heavy atom. The van der Waals surface area contributed by atoms with E-state index in [0.29, 0.717) is 11.1 Å². The zero-order chi connectivity index (χ0) is 18.8. The first-order valence-corrected chi connectivity index (χ1v) is 8.46. The van der Waals surface area contributed by atoms with E-state index in [1.807, 2.05) is 30.3 Å². The summed E-state index contributed by atoms with van der Waals surface area (Å²) in [7, 11) is 0. The highest BCUT2D eigenvalue weighted by Crippen LogP contribution is 2.34. The minimum atomic E-state index is -0.467. The van der Waals surface area contributed by atoms with Gasteiger partial charge in [0.1, 0.15) is 0 Å². The molecule has 0 aliphatic carbocycles. The van der Waals surface area contributed by atoms with E-state index < -0.39 is 17.8 Å². The van der Waals surface area contributed by atoms with Crippen LogP contribution in [0.25, 0.3) is 0 Å². The van der Waals surface area contributed by atoms with Crippen molar-refractivity contribution in [1.82, 2.24) is 0 Å². The first-order valence-electron chi connectivity index (χ1n) is 8.46. The van der Waals surface area contributed by atoms with E-state index >= 15 is 0 Å². The maximum atomic E-state index is 12.7. The van der Waals surface area contributed by atoms with E-state index in [0.717, 1.165) is 10.5 Å². The molecule has 0 bridgehead atoms. The summed E-state index contributed by atoms with van der Waals surface area (Å²) in [6.45, 7) is 0. The molecule has 1 aliphatic heterocycles. The number of ether oxygens (including phenoxy) is 1. The molecule has 3 aromatic rings. The van der Waals surface area contributed by atoms with Crippen molar-refractivity contribution in [3.05, 3.63) is 95.6 Å². The Morgan fingerprint density at radius 1 is 0.741 bits per heavy atom. The van der Waals surface area contributed by atoms with Gasteiger partial charge in [-0.05, 0) is 29.8 Å². The lowest BCUT2D eigenvalue weighted by atomic mass is 10.1. The molecule has 0 spiro atoms. The summed E-state index contributed by atoms with van der Waals surface area (Å²) in [5.74, 6) is -1.15. The smallest absolute Gasteiger partial charge is 0.315 e. The molecule has 27 heavy (non-hydrogen) atoms. The van der Waals surface area contributed by atoms with Crippen molar-refractivity contribution in [1.29, 1.82) is 0 Å². The van der Waals surface area contributed by atoms with Gasteiger partial charge in [0, 0.05) is 0 Å². The molecule has 3 aromatic carbocycles. The Balaban J connectivity index is 1.62. The molecule has 4 rings (SSSR count). The molecule has 0 radical (unpaired) electrons. The third kappa shape index (κ3) is 3.11. The van der Waals surface area contributed by atoms with Gasteiger partial charge in [-0.25, -0.2) is 4.90 Å². The summed E-state index contributed by atoms with van der Waals surface area (Å²) < 4.78 is 5.47. The van der Waals surface area contributed by atoms with Gasteiger partial charge < -0.3 is 4.74 Å². The lowest BCUT2D eigenvalue weighted by Gasteiger charge is -2.17. The molecule has 0 fully saturated rings. The molecule has 0 atom stereocenters. The maximum Gasteiger partial charge on any atom is 0.315 e. The number of carbonyl (C=O) groups is 3. The van der Waals surface area contributed by atoms with Crippen LogP contribution in [-0.4, -0.2) is 17.8 Å². The molecule has 0 unspecified atom stereocenters. The lowest BCUT2D eigenvalue weighted by Crippen LogP contribution is -2.30. The first kappa shape index (κ1) is 16.7. The number of fused-ring (bicyclic) bond motifs is 1. The van der Waals surface area contributed by atoms with Crippen molar-refractivity contribution in [2.75, 3.05) is 4.90 Å². The van der Waals surface area contributed by atoms with Gasteiger partial charge in [-0.3, -0.25) is 14.4 Å². The number of rotatable bonds is 4. The van der Waals surface area contributed by atoms with Gasteiger partial charge in [0.15, 0.2) is 5.75 Å². The van der Waals surface area contributed by atoms with E-state index in [9.17, 15) is 14.4 Å². The largest absolute Gasteiger partial charge is 0.424 e. The number of para-hydroxylation sites is 2. The summed E-state index contributed by atoms with van der Waals surface area (Å²) in [6.07, 6.45) is 0.0945. The Hall–Kier alpha value is -3.73. The maximum absolute atomic E-state index is 12.7. The van der Waals surface area contributed by atoms with Crippen LogP contribution in [0.4, 0.5) is 5.69 Å². The molecule has 0 aromatic heterocycles. The van der Waals surface area contributed by atoms with E-state index in [-0.39, 0.29) is 17.9 Å². The summed E-state index contributed by atoms with van der Waals surface area (Å²) in [6, 6.07) is 22.4. The summed E-state index contributed by atoms with van der Waals surface area (Å²) >= 11 is 0. The Bertz CT molecular complexity index is 1010. The zero-order valence-corrected chi connectivity index (χ0v) is 14.3.